The van der Waals surface area contributed by atoms with Crippen LogP contribution in [0.3, 0.4) is 0 Å². The van der Waals surface area contributed by atoms with Crippen LogP contribution in [0.2, 0.25) is 5.02 Å². The molecule has 0 saturated carbocycles. The summed E-state index contributed by atoms with van der Waals surface area (Å²) in [7, 11) is 1.38. The number of phenolic OH excluding ortho intramolecular Hbond substituents is 1. The molecule has 0 spiro atoms. The minimum Gasteiger partial charge on any atom is -0.503 e. The third-order valence-electron chi connectivity index (χ3n) is 1.69. The van der Waals surface area contributed by atoms with Crippen LogP contribution in [0, 0.1) is 0 Å². The molecule has 2 N–H and O–H groups in total. The number of rotatable bonds is 3. The third kappa shape index (κ3) is 2.89. The number of carbonyl (C=O) groups is 1. The number of carboxylic acid groups (broad SMARTS) is 1. The molecule has 80 valence electrons. The van der Waals surface area contributed by atoms with E-state index in [1.807, 2.05) is 0 Å². The highest BCUT2D eigenvalue weighted by Gasteiger charge is 2.07. The second kappa shape index (κ2) is 4.70. The molecule has 0 amide bonds. The number of halogens is 1. The molecule has 0 aliphatic rings. The van der Waals surface area contributed by atoms with Gasteiger partial charge in [-0.1, -0.05) is 11.6 Å². The standard InChI is InChI=1S/C10H9ClO4/c1-15-8-5-6(2-3-9(12)13)4-7(11)10(8)14/h2-5,14H,1H3,(H,12,13)/b3-2+. The molecule has 0 atom stereocenters. The summed E-state index contributed by atoms with van der Waals surface area (Å²) in [6.07, 6.45) is 2.33. The summed E-state index contributed by atoms with van der Waals surface area (Å²) in [4.78, 5) is 10.3. The Kier molecular flexibility index (Phi) is 3.57. The van der Waals surface area contributed by atoms with Crippen molar-refractivity contribution in [1.82, 2.24) is 0 Å². The fraction of sp³-hybridized carbons (Fsp3) is 0.100. The monoisotopic (exact) mass is 228 g/mol. The lowest BCUT2D eigenvalue weighted by Crippen LogP contribution is -1.88. The maximum absolute atomic E-state index is 10.3. The zero-order valence-corrected chi connectivity index (χ0v) is 8.65. The molecule has 0 saturated heterocycles. The summed E-state index contributed by atoms with van der Waals surface area (Å²) in [5.41, 5.74) is 0.539. The number of ether oxygens (including phenoxy) is 1. The molecule has 1 rings (SSSR count). The normalized spacial score (nSPS) is 10.5. The summed E-state index contributed by atoms with van der Waals surface area (Å²) in [5, 5.41) is 17.9. The van der Waals surface area contributed by atoms with E-state index in [0.29, 0.717) is 5.56 Å². The van der Waals surface area contributed by atoms with Gasteiger partial charge in [-0.3, -0.25) is 0 Å². The van der Waals surface area contributed by atoms with Gasteiger partial charge >= 0.3 is 5.97 Å². The minimum atomic E-state index is -1.06. The van der Waals surface area contributed by atoms with E-state index in [1.165, 1.54) is 25.3 Å². The van der Waals surface area contributed by atoms with Crippen molar-refractivity contribution in [1.29, 1.82) is 0 Å². The Bertz CT molecular complexity index is 412. The Labute approximate surface area is 91.4 Å². The van der Waals surface area contributed by atoms with Crippen molar-refractivity contribution in [3.63, 3.8) is 0 Å². The molecule has 0 aliphatic carbocycles. The fourth-order valence-corrected chi connectivity index (χ4v) is 1.23. The molecular formula is C10H9ClO4. The van der Waals surface area contributed by atoms with Gasteiger partial charge in [0, 0.05) is 6.08 Å². The van der Waals surface area contributed by atoms with Crippen molar-refractivity contribution in [2.75, 3.05) is 7.11 Å². The number of aromatic hydroxyl groups is 1. The Hall–Kier alpha value is -1.68. The van der Waals surface area contributed by atoms with E-state index in [1.54, 1.807) is 0 Å². The summed E-state index contributed by atoms with van der Waals surface area (Å²) in [6.45, 7) is 0. The van der Waals surface area contributed by atoms with Crippen molar-refractivity contribution >= 4 is 23.6 Å². The minimum absolute atomic E-state index is 0.111. The highest BCUT2D eigenvalue weighted by Crippen LogP contribution is 2.35. The van der Waals surface area contributed by atoms with Crippen molar-refractivity contribution in [2.24, 2.45) is 0 Å². The molecule has 5 heteroatoms. The first-order chi connectivity index (χ1) is 7.04. The van der Waals surface area contributed by atoms with Gasteiger partial charge in [0.25, 0.3) is 0 Å². The van der Waals surface area contributed by atoms with Gasteiger partial charge in [0.15, 0.2) is 11.5 Å². The van der Waals surface area contributed by atoms with Gasteiger partial charge in [0.1, 0.15) is 0 Å². The second-order valence-corrected chi connectivity index (χ2v) is 3.13. The van der Waals surface area contributed by atoms with Crippen molar-refractivity contribution < 1.29 is 19.7 Å². The van der Waals surface area contributed by atoms with Crippen LogP contribution in [0.5, 0.6) is 11.5 Å². The average molecular weight is 229 g/mol. The zero-order valence-electron chi connectivity index (χ0n) is 7.90. The molecule has 0 heterocycles. The van der Waals surface area contributed by atoms with Crippen LogP contribution < -0.4 is 4.74 Å². The maximum atomic E-state index is 10.3. The summed E-state index contributed by atoms with van der Waals surface area (Å²) in [6, 6.07) is 2.93. The molecule has 0 aliphatic heterocycles. The first-order valence-electron chi connectivity index (χ1n) is 4.02. The van der Waals surface area contributed by atoms with Gasteiger partial charge in [-0.05, 0) is 23.8 Å². The van der Waals surface area contributed by atoms with E-state index < -0.39 is 5.97 Å². The Morgan fingerprint density at radius 2 is 2.20 bits per heavy atom. The first kappa shape index (κ1) is 11.4. The molecule has 4 nitrogen and oxygen atoms in total. The number of benzene rings is 1. The van der Waals surface area contributed by atoms with E-state index >= 15 is 0 Å². The summed E-state index contributed by atoms with van der Waals surface area (Å²) in [5.74, 6) is -1.02. The van der Waals surface area contributed by atoms with E-state index in [0.717, 1.165) is 6.08 Å². The van der Waals surface area contributed by atoms with Crippen molar-refractivity contribution in [3.8, 4) is 11.5 Å². The van der Waals surface area contributed by atoms with E-state index in [2.05, 4.69) is 0 Å². The number of carboxylic acids is 1. The molecule has 1 aromatic rings. The van der Waals surface area contributed by atoms with Gasteiger partial charge < -0.3 is 14.9 Å². The van der Waals surface area contributed by atoms with Crippen LogP contribution in [0.25, 0.3) is 6.08 Å². The highest BCUT2D eigenvalue weighted by molar-refractivity contribution is 6.32. The van der Waals surface area contributed by atoms with Crippen LogP contribution in [0.1, 0.15) is 5.56 Å². The van der Waals surface area contributed by atoms with E-state index in [9.17, 15) is 9.90 Å². The Morgan fingerprint density at radius 3 is 2.73 bits per heavy atom. The maximum Gasteiger partial charge on any atom is 0.328 e. The Balaban J connectivity index is 3.11. The highest BCUT2D eigenvalue weighted by atomic mass is 35.5. The van der Waals surface area contributed by atoms with Gasteiger partial charge in [-0.2, -0.15) is 0 Å². The topological polar surface area (TPSA) is 66.8 Å². The fourth-order valence-electron chi connectivity index (χ4n) is 1.01. The third-order valence-corrected chi connectivity index (χ3v) is 1.98. The van der Waals surface area contributed by atoms with Crippen LogP contribution in [0.15, 0.2) is 18.2 Å². The molecule has 0 bridgehead atoms. The second-order valence-electron chi connectivity index (χ2n) is 2.73. The molecular weight excluding hydrogens is 220 g/mol. The van der Waals surface area contributed by atoms with Gasteiger partial charge in [-0.15, -0.1) is 0 Å². The first-order valence-corrected chi connectivity index (χ1v) is 4.40. The lowest BCUT2D eigenvalue weighted by atomic mass is 10.2. The van der Waals surface area contributed by atoms with Crippen LogP contribution >= 0.6 is 11.6 Å². The van der Waals surface area contributed by atoms with Gasteiger partial charge in [0.2, 0.25) is 0 Å². The molecule has 1 aromatic carbocycles. The molecule has 0 unspecified atom stereocenters. The number of methoxy groups -OCH3 is 1. The molecule has 0 fully saturated rings. The van der Waals surface area contributed by atoms with Crippen LogP contribution in [-0.4, -0.2) is 23.3 Å². The lowest BCUT2D eigenvalue weighted by Gasteiger charge is -2.05. The Morgan fingerprint density at radius 1 is 1.53 bits per heavy atom. The number of hydrogen-bond donors (Lipinski definition) is 2. The van der Waals surface area contributed by atoms with Crippen molar-refractivity contribution in [2.45, 2.75) is 0 Å². The van der Waals surface area contributed by atoms with Crippen molar-refractivity contribution in [3.05, 3.63) is 28.8 Å². The molecule has 0 aromatic heterocycles. The van der Waals surface area contributed by atoms with Gasteiger partial charge in [-0.25, -0.2) is 4.79 Å². The van der Waals surface area contributed by atoms with E-state index in [4.69, 9.17) is 21.4 Å². The largest absolute Gasteiger partial charge is 0.503 e. The summed E-state index contributed by atoms with van der Waals surface area (Å²) < 4.78 is 4.86. The predicted molar refractivity (Wildman–Crippen MR) is 56.3 cm³/mol. The van der Waals surface area contributed by atoms with Crippen LogP contribution in [-0.2, 0) is 4.79 Å². The average Bonchev–Trinajstić information content (AvgIpc) is 2.19. The lowest BCUT2D eigenvalue weighted by molar-refractivity contribution is -0.131. The van der Waals surface area contributed by atoms with Gasteiger partial charge in [0.05, 0.1) is 12.1 Å². The quantitative estimate of drug-likeness (QED) is 0.778. The zero-order chi connectivity index (χ0) is 11.4. The predicted octanol–water partition coefficient (Wildman–Crippen LogP) is 2.15. The SMILES string of the molecule is COc1cc(/C=C/C(=O)O)cc(Cl)c1O. The number of hydrogen-bond acceptors (Lipinski definition) is 3. The molecule has 15 heavy (non-hydrogen) atoms. The number of aliphatic carboxylic acids is 1. The van der Waals surface area contributed by atoms with E-state index in [-0.39, 0.29) is 16.5 Å². The summed E-state index contributed by atoms with van der Waals surface area (Å²) >= 11 is 5.70. The molecule has 0 radical (unpaired) electrons. The smallest absolute Gasteiger partial charge is 0.328 e. The van der Waals surface area contributed by atoms with Crippen LogP contribution in [0.4, 0.5) is 0 Å². The number of phenols is 1.